The molecule has 3 rings (SSSR count). The summed E-state index contributed by atoms with van der Waals surface area (Å²) in [7, 11) is 4.43. The van der Waals surface area contributed by atoms with Crippen LogP contribution < -0.4 is 25.4 Å². The van der Waals surface area contributed by atoms with E-state index in [1.807, 2.05) is 0 Å². The predicted octanol–water partition coefficient (Wildman–Crippen LogP) is 4.16. The van der Waals surface area contributed by atoms with Gasteiger partial charge in [-0.25, -0.2) is 0 Å². The van der Waals surface area contributed by atoms with E-state index in [0.29, 0.717) is 16.9 Å². The number of hydrogen-bond acceptors (Lipinski definition) is 7. The first-order chi connectivity index (χ1) is 15.9. The van der Waals surface area contributed by atoms with Gasteiger partial charge in [0.2, 0.25) is 0 Å². The number of nitrogens with one attached hydrogen (secondary N) is 3. The molecule has 170 valence electrons. The summed E-state index contributed by atoms with van der Waals surface area (Å²) in [6.07, 6.45) is 0. The third kappa shape index (κ3) is 5.18. The molecule has 0 saturated heterocycles. The molecule has 0 heterocycles. The highest BCUT2D eigenvalue weighted by Gasteiger charge is 2.20. The van der Waals surface area contributed by atoms with E-state index in [1.165, 1.54) is 44.6 Å². The third-order valence-corrected chi connectivity index (χ3v) is 4.78. The number of hydrogen-bond donors (Lipinski definition) is 3. The fourth-order valence-electron chi connectivity index (χ4n) is 3.12. The summed E-state index contributed by atoms with van der Waals surface area (Å²) >= 11 is 0. The average Bonchev–Trinajstić information content (AvgIpc) is 2.84. The highest BCUT2D eigenvalue weighted by Crippen LogP contribution is 2.37. The highest BCUT2D eigenvalue weighted by atomic mass is 16.6. The molecule has 0 bridgehead atoms. The molecule has 3 aromatic carbocycles. The standard InChI is InChI=1S/C23H22N4O6/c1-24-17-10-9-15(27(30)31)11-16(17)23(29)26-19-13-20(32-2)18(12-21(19)33-3)25-22(28)14-7-5-4-6-8-14/h4-13,24H,1-3H3,(H,25,28)(H,26,29). The van der Waals surface area contributed by atoms with Crippen LogP contribution in [0.4, 0.5) is 22.7 Å². The molecule has 0 fully saturated rings. The second kappa shape index (κ2) is 10.1. The van der Waals surface area contributed by atoms with Crippen LogP contribution in [0.5, 0.6) is 11.5 Å². The molecule has 0 aliphatic carbocycles. The van der Waals surface area contributed by atoms with Gasteiger partial charge in [-0.05, 0) is 18.2 Å². The number of ether oxygens (including phenoxy) is 2. The first kappa shape index (κ1) is 23.1. The Hall–Kier alpha value is -4.60. The Balaban J connectivity index is 1.93. The summed E-state index contributed by atoms with van der Waals surface area (Å²) in [5.41, 5.74) is 1.33. The Morgan fingerprint density at radius 3 is 1.91 bits per heavy atom. The van der Waals surface area contributed by atoms with Gasteiger partial charge in [-0.2, -0.15) is 0 Å². The summed E-state index contributed by atoms with van der Waals surface area (Å²) in [6, 6.07) is 15.6. The van der Waals surface area contributed by atoms with Gasteiger partial charge in [-0.1, -0.05) is 18.2 Å². The predicted molar refractivity (Wildman–Crippen MR) is 125 cm³/mol. The molecule has 0 aromatic heterocycles. The number of rotatable bonds is 8. The largest absolute Gasteiger partial charge is 0.494 e. The molecular weight excluding hydrogens is 428 g/mol. The van der Waals surface area contributed by atoms with Crippen LogP contribution in [0.25, 0.3) is 0 Å². The van der Waals surface area contributed by atoms with Crippen LogP contribution in [0.15, 0.2) is 60.7 Å². The van der Waals surface area contributed by atoms with Crippen molar-refractivity contribution in [1.29, 1.82) is 0 Å². The molecule has 0 unspecified atom stereocenters. The second-order valence-electron chi connectivity index (χ2n) is 6.76. The molecule has 2 amide bonds. The monoisotopic (exact) mass is 450 g/mol. The van der Waals surface area contributed by atoms with Crippen LogP contribution in [-0.4, -0.2) is 38.0 Å². The fraction of sp³-hybridized carbons (Fsp3) is 0.130. The van der Waals surface area contributed by atoms with E-state index in [2.05, 4.69) is 16.0 Å². The van der Waals surface area contributed by atoms with Gasteiger partial charge >= 0.3 is 0 Å². The number of nitrogens with zero attached hydrogens (tertiary/aromatic N) is 1. The van der Waals surface area contributed by atoms with Crippen molar-refractivity contribution in [1.82, 2.24) is 0 Å². The number of nitro benzene ring substituents is 1. The molecule has 0 radical (unpaired) electrons. The van der Waals surface area contributed by atoms with E-state index >= 15 is 0 Å². The molecule has 33 heavy (non-hydrogen) atoms. The van der Waals surface area contributed by atoms with Crippen molar-refractivity contribution in [2.75, 3.05) is 37.2 Å². The third-order valence-electron chi connectivity index (χ3n) is 4.78. The number of non-ortho nitro benzene ring substituents is 1. The van der Waals surface area contributed by atoms with Crippen molar-refractivity contribution in [3.8, 4) is 11.5 Å². The molecule has 0 atom stereocenters. The molecule has 0 saturated carbocycles. The zero-order chi connectivity index (χ0) is 24.0. The van der Waals surface area contributed by atoms with Crippen LogP contribution in [0, 0.1) is 10.1 Å². The van der Waals surface area contributed by atoms with Crippen molar-refractivity contribution in [3.63, 3.8) is 0 Å². The van der Waals surface area contributed by atoms with Crippen molar-refractivity contribution in [3.05, 3.63) is 81.9 Å². The molecule has 10 nitrogen and oxygen atoms in total. The summed E-state index contributed by atoms with van der Waals surface area (Å²) < 4.78 is 10.8. The smallest absolute Gasteiger partial charge is 0.270 e. The lowest BCUT2D eigenvalue weighted by atomic mass is 10.1. The van der Waals surface area contributed by atoms with Crippen molar-refractivity contribution in [2.24, 2.45) is 0 Å². The van der Waals surface area contributed by atoms with Crippen molar-refractivity contribution in [2.45, 2.75) is 0 Å². The van der Waals surface area contributed by atoms with Crippen LogP contribution in [0.1, 0.15) is 20.7 Å². The number of benzene rings is 3. The van der Waals surface area contributed by atoms with Gasteiger partial charge in [0, 0.05) is 42.6 Å². The van der Waals surface area contributed by atoms with E-state index < -0.39 is 10.8 Å². The van der Waals surface area contributed by atoms with Crippen LogP contribution in [-0.2, 0) is 0 Å². The molecule has 3 aromatic rings. The van der Waals surface area contributed by atoms with Crippen LogP contribution in [0.3, 0.4) is 0 Å². The molecular formula is C23H22N4O6. The van der Waals surface area contributed by atoms with Gasteiger partial charge < -0.3 is 25.4 Å². The minimum Gasteiger partial charge on any atom is -0.494 e. The SMILES string of the molecule is CNc1ccc([N+](=O)[O-])cc1C(=O)Nc1cc(OC)c(NC(=O)c2ccccc2)cc1OC. The summed E-state index contributed by atoms with van der Waals surface area (Å²) in [5.74, 6) is -0.403. The van der Waals surface area contributed by atoms with Gasteiger partial charge in [-0.15, -0.1) is 0 Å². The average molecular weight is 450 g/mol. The van der Waals surface area contributed by atoms with E-state index in [4.69, 9.17) is 9.47 Å². The maximum Gasteiger partial charge on any atom is 0.270 e. The molecule has 10 heteroatoms. The molecule has 0 aliphatic rings. The van der Waals surface area contributed by atoms with Crippen LogP contribution >= 0.6 is 0 Å². The van der Waals surface area contributed by atoms with E-state index in [0.717, 1.165) is 0 Å². The Bertz CT molecular complexity index is 1200. The summed E-state index contributed by atoms with van der Waals surface area (Å²) in [5, 5.41) is 19.4. The van der Waals surface area contributed by atoms with E-state index in [-0.39, 0.29) is 34.3 Å². The maximum absolute atomic E-state index is 12.9. The topological polar surface area (TPSA) is 132 Å². The quantitative estimate of drug-likeness (QED) is 0.347. The minimum absolute atomic E-state index is 0.0779. The maximum atomic E-state index is 12.9. The number of methoxy groups -OCH3 is 2. The van der Waals surface area contributed by atoms with Gasteiger partial charge in [0.25, 0.3) is 17.5 Å². The second-order valence-corrected chi connectivity index (χ2v) is 6.76. The molecule has 0 spiro atoms. The summed E-state index contributed by atoms with van der Waals surface area (Å²) in [6.45, 7) is 0. The van der Waals surface area contributed by atoms with Gasteiger partial charge in [0.15, 0.2) is 0 Å². The lowest BCUT2D eigenvalue weighted by Crippen LogP contribution is -2.16. The zero-order valence-corrected chi connectivity index (χ0v) is 18.2. The molecule has 0 aliphatic heterocycles. The normalized spacial score (nSPS) is 10.2. The lowest BCUT2D eigenvalue weighted by Gasteiger charge is -2.17. The van der Waals surface area contributed by atoms with Gasteiger partial charge in [0.1, 0.15) is 11.5 Å². The number of amides is 2. The van der Waals surface area contributed by atoms with Gasteiger partial charge in [-0.3, -0.25) is 19.7 Å². The minimum atomic E-state index is -0.593. The fourth-order valence-corrected chi connectivity index (χ4v) is 3.12. The first-order valence-corrected chi connectivity index (χ1v) is 9.78. The summed E-state index contributed by atoms with van der Waals surface area (Å²) in [4.78, 5) is 36.0. The number of anilines is 3. The number of carbonyl (C=O) groups is 2. The lowest BCUT2D eigenvalue weighted by molar-refractivity contribution is -0.384. The Kier molecular flexibility index (Phi) is 7.09. The van der Waals surface area contributed by atoms with Crippen molar-refractivity contribution >= 4 is 34.6 Å². The number of nitro groups is 1. The first-order valence-electron chi connectivity index (χ1n) is 9.78. The van der Waals surface area contributed by atoms with E-state index in [9.17, 15) is 19.7 Å². The van der Waals surface area contributed by atoms with Crippen LogP contribution in [0.2, 0.25) is 0 Å². The van der Waals surface area contributed by atoms with E-state index in [1.54, 1.807) is 37.4 Å². The van der Waals surface area contributed by atoms with Gasteiger partial charge in [0.05, 0.1) is 36.1 Å². The Labute approximate surface area is 189 Å². The zero-order valence-electron chi connectivity index (χ0n) is 18.2. The number of carbonyl (C=O) groups excluding carboxylic acids is 2. The Morgan fingerprint density at radius 2 is 1.39 bits per heavy atom. The van der Waals surface area contributed by atoms with Crippen molar-refractivity contribution < 1.29 is 24.0 Å². The molecule has 3 N–H and O–H groups in total. The Morgan fingerprint density at radius 1 is 0.818 bits per heavy atom. The highest BCUT2D eigenvalue weighted by molar-refractivity contribution is 6.10.